The van der Waals surface area contributed by atoms with Crippen molar-refractivity contribution in [2.24, 2.45) is 0 Å². The van der Waals surface area contributed by atoms with Crippen LogP contribution in [0.5, 0.6) is 0 Å². The van der Waals surface area contributed by atoms with Crippen molar-refractivity contribution in [1.82, 2.24) is 14.8 Å². The monoisotopic (exact) mass is 235 g/mol. The minimum absolute atomic E-state index is 0.180. The minimum Gasteiger partial charge on any atom is -0.304 e. The summed E-state index contributed by atoms with van der Waals surface area (Å²) in [6.45, 7) is 2.42. The van der Waals surface area contributed by atoms with Gasteiger partial charge in [-0.25, -0.2) is 8.42 Å². The van der Waals surface area contributed by atoms with E-state index in [1.807, 2.05) is 6.92 Å². The largest absolute Gasteiger partial charge is 0.304 e. The molecule has 1 heterocycles. The van der Waals surface area contributed by atoms with Gasteiger partial charge < -0.3 is 4.57 Å². The van der Waals surface area contributed by atoms with E-state index in [1.54, 1.807) is 4.57 Å². The molecule has 0 fully saturated rings. The number of aromatic nitrogens is 3. The fourth-order valence-electron chi connectivity index (χ4n) is 1.14. The van der Waals surface area contributed by atoms with E-state index in [1.165, 1.54) is 6.26 Å². The highest BCUT2D eigenvalue weighted by molar-refractivity contribution is 7.90. The summed E-state index contributed by atoms with van der Waals surface area (Å²) in [5.74, 6) is 0.961. The molecule has 1 N–H and O–H groups in total. The van der Waals surface area contributed by atoms with Crippen LogP contribution < -0.4 is 0 Å². The molecule has 0 spiro atoms. The average Bonchev–Trinajstić information content (AvgIpc) is 2.33. The van der Waals surface area contributed by atoms with Crippen LogP contribution in [0, 0.1) is 11.7 Å². The van der Waals surface area contributed by atoms with Gasteiger partial charge in [0.2, 0.25) is 0 Å². The third-order valence-electron chi connectivity index (χ3n) is 1.85. The van der Waals surface area contributed by atoms with Crippen LogP contribution >= 0.6 is 12.2 Å². The molecular weight excluding hydrogens is 222 g/mol. The number of aromatic amines is 1. The van der Waals surface area contributed by atoms with Crippen molar-refractivity contribution in [2.45, 2.75) is 19.9 Å². The first kappa shape index (κ1) is 11.4. The van der Waals surface area contributed by atoms with E-state index in [0.717, 1.165) is 5.82 Å². The van der Waals surface area contributed by atoms with Gasteiger partial charge in [0.15, 0.2) is 4.77 Å². The zero-order chi connectivity index (χ0) is 10.8. The summed E-state index contributed by atoms with van der Waals surface area (Å²) in [7, 11) is -2.88. The maximum Gasteiger partial charge on any atom is 0.195 e. The lowest BCUT2D eigenvalue weighted by molar-refractivity contribution is 0.588. The molecule has 0 saturated carbocycles. The second-order valence-corrected chi connectivity index (χ2v) is 5.86. The Hall–Kier alpha value is -0.690. The predicted octanol–water partition coefficient (Wildman–Crippen LogP) is 0.684. The number of H-pyrrole nitrogens is 1. The van der Waals surface area contributed by atoms with E-state index in [2.05, 4.69) is 10.2 Å². The Morgan fingerprint density at radius 2 is 2.21 bits per heavy atom. The quantitative estimate of drug-likeness (QED) is 0.779. The van der Waals surface area contributed by atoms with Gasteiger partial charge in [0.1, 0.15) is 15.7 Å². The van der Waals surface area contributed by atoms with E-state index in [9.17, 15) is 8.42 Å². The fourth-order valence-corrected chi connectivity index (χ4v) is 2.07. The summed E-state index contributed by atoms with van der Waals surface area (Å²) in [4.78, 5) is 0. The molecular formula is C7H13N3O2S2. The van der Waals surface area contributed by atoms with Crippen LogP contribution in [-0.4, -0.2) is 35.2 Å². The zero-order valence-corrected chi connectivity index (χ0v) is 9.78. The van der Waals surface area contributed by atoms with Crippen LogP contribution in [0.2, 0.25) is 0 Å². The van der Waals surface area contributed by atoms with E-state index in [4.69, 9.17) is 12.2 Å². The highest BCUT2D eigenvalue weighted by Gasteiger charge is 2.04. The van der Waals surface area contributed by atoms with Crippen LogP contribution in [0.15, 0.2) is 0 Å². The number of sulfone groups is 1. The van der Waals surface area contributed by atoms with Gasteiger partial charge in [-0.05, 0) is 25.6 Å². The Morgan fingerprint density at radius 1 is 1.57 bits per heavy atom. The van der Waals surface area contributed by atoms with Crippen molar-refractivity contribution in [1.29, 1.82) is 0 Å². The first-order valence-electron chi connectivity index (χ1n) is 4.20. The van der Waals surface area contributed by atoms with Gasteiger partial charge >= 0.3 is 0 Å². The van der Waals surface area contributed by atoms with Crippen molar-refractivity contribution >= 4 is 22.1 Å². The van der Waals surface area contributed by atoms with Crippen LogP contribution in [0.1, 0.15) is 12.2 Å². The van der Waals surface area contributed by atoms with Crippen molar-refractivity contribution in [3.8, 4) is 0 Å². The maximum atomic E-state index is 10.9. The molecule has 80 valence electrons. The highest BCUT2D eigenvalue weighted by Crippen LogP contribution is 1.99. The third kappa shape index (κ3) is 3.22. The third-order valence-corrected chi connectivity index (χ3v) is 3.19. The number of hydrogen-bond acceptors (Lipinski definition) is 4. The van der Waals surface area contributed by atoms with Gasteiger partial charge in [-0.3, -0.25) is 5.10 Å². The molecule has 0 saturated heterocycles. The van der Waals surface area contributed by atoms with Gasteiger partial charge in [-0.2, -0.15) is 5.10 Å². The van der Waals surface area contributed by atoms with E-state index >= 15 is 0 Å². The van der Waals surface area contributed by atoms with E-state index < -0.39 is 9.84 Å². The van der Waals surface area contributed by atoms with Crippen molar-refractivity contribution in [3.05, 3.63) is 10.6 Å². The van der Waals surface area contributed by atoms with Gasteiger partial charge in [0.25, 0.3) is 0 Å². The molecule has 0 aliphatic heterocycles. The van der Waals surface area contributed by atoms with Gasteiger partial charge in [-0.15, -0.1) is 0 Å². The SMILES string of the molecule is Cc1n[nH]c(=S)n1CCCS(C)(=O)=O. The Labute approximate surface area is 88.1 Å². The lowest BCUT2D eigenvalue weighted by atomic mass is 10.4. The molecule has 1 rings (SSSR count). The van der Waals surface area contributed by atoms with E-state index in [0.29, 0.717) is 17.7 Å². The summed E-state index contributed by atoms with van der Waals surface area (Å²) in [5, 5.41) is 6.58. The predicted molar refractivity (Wildman–Crippen MR) is 56.5 cm³/mol. The number of aryl methyl sites for hydroxylation is 1. The first-order valence-corrected chi connectivity index (χ1v) is 6.66. The van der Waals surface area contributed by atoms with Crippen LogP contribution in [0.3, 0.4) is 0 Å². The summed E-state index contributed by atoms with van der Waals surface area (Å²) in [6, 6.07) is 0. The number of rotatable bonds is 4. The van der Waals surface area contributed by atoms with Crippen LogP contribution in [-0.2, 0) is 16.4 Å². The normalized spacial score (nSPS) is 11.9. The highest BCUT2D eigenvalue weighted by atomic mass is 32.2. The Bertz CT molecular complexity index is 458. The van der Waals surface area contributed by atoms with E-state index in [-0.39, 0.29) is 5.75 Å². The average molecular weight is 235 g/mol. The van der Waals surface area contributed by atoms with Crippen molar-refractivity contribution < 1.29 is 8.42 Å². The Kier molecular flexibility index (Phi) is 3.43. The zero-order valence-electron chi connectivity index (χ0n) is 8.15. The number of nitrogens with one attached hydrogen (secondary N) is 1. The topological polar surface area (TPSA) is 67.8 Å². The Balaban J connectivity index is 2.59. The molecule has 0 unspecified atom stereocenters. The minimum atomic E-state index is -2.88. The molecule has 0 bridgehead atoms. The van der Waals surface area contributed by atoms with Crippen molar-refractivity contribution in [3.63, 3.8) is 0 Å². The molecule has 1 aromatic rings. The second kappa shape index (κ2) is 4.22. The molecule has 14 heavy (non-hydrogen) atoms. The lowest BCUT2D eigenvalue weighted by Gasteiger charge is -2.02. The van der Waals surface area contributed by atoms with Gasteiger partial charge in [0.05, 0.1) is 5.75 Å². The first-order chi connectivity index (χ1) is 6.40. The van der Waals surface area contributed by atoms with Crippen molar-refractivity contribution in [2.75, 3.05) is 12.0 Å². The summed E-state index contributed by atoms with van der Waals surface area (Å²) in [5.41, 5.74) is 0. The lowest BCUT2D eigenvalue weighted by Crippen LogP contribution is -2.08. The molecule has 0 aliphatic carbocycles. The molecule has 5 nitrogen and oxygen atoms in total. The van der Waals surface area contributed by atoms with Gasteiger partial charge in [-0.1, -0.05) is 0 Å². The molecule has 0 aromatic carbocycles. The number of hydrogen-bond donors (Lipinski definition) is 1. The second-order valence-electron chi connectivity index (χ2n) is 3.21. The molecule has 1 aromatic heterocycles. The standard InChI is InChI=1S/C7H13N3O2S2/c1-6-8-9-7(13)10(6)4-3-5-14(2,11)12/h3-5H2,1-2H3,(H,9,13). The van der Waals surface area contributed by atoms with Gasteiger partial charge in [0, 0.05) is 12.8 Å². The smallest absolute Gasteiger partial charge is 0.195 e. The maximum absolute atomic E-state index is 10.9. The molecule has 0 atom stereocenters. The fraction of sp³-hybridized carbons (Fsp3) is 0.714. The summed E-state index contributed by atoms with van der Waals surface area (Å²) in [6.07, 6.45) is 1.79. The Morgan fingerprint density at radius 3 is 2.64 bits per heavy atom. The molecule has 0 aliphatic rings. The summed E-state index contributed by atoms with van der Waals surface area (Å²) >= 11 is 4.98. The van der Waals surface area contributed by atoms with Crippen LogP contribution in [0.25, 0.3) is 0 Å². The van der Waals surface area contributed by atoms with Crippen LogP contribution in [0.4, 0.5) is 0 Å². The molecule has 7 heteroatoms. The molecule has 0 amide bonds. The molecule has 0 radical (unpaired) electrons. The number of nitrogens with zero attached hydrogens (tertiary/aromatic N) is 2. The summed E-state index contributed by atoms with van der Waals surface area (Å²) < 4.78 is 24.1.